The van der Waals surface area contributed by atoms with Crippen LogP contribution in [0.2, 0.25) is 0 Å². The van der Waals surface area contributed by atoms with E-state index in [1.165, 1.54) is 0 Å². The number of hydrogen-bond acceptors (Lipinski definition) is 6. The molecule has 6 nitrogen and oxygen atoms in total. The molecule has 1 atom stereocenters. The summed E-state index contributed by atoms with van der Waals surface area (Å²) in [6, 6.07) is 16.2. The van der Waals surface area contributed by atoms with E-state index in [0.29, 0.717) is 18.7 Å². The van der Waals surface area contributed by atoms with Crippen LogP contribution in [-0.4, -0.2) is 45.3 Å². The zero-order chi connectivity index (χ0) is 23.0. The fourth-order valence-corrected chi connectivity index (χ4v) is 5.00. The van der Waals surface area contributed by atoms with Gasteiger partial charge in [0.05, 0.1) is 16.6 Å². The van der Waals surface area contributed by atoms with E-state index in [4.69, 9.17) is 4.42 Å². The van der Waals surface area contributed by atoms with Crippen molar-refractivity contribution in [3.8, 4) is 11.1 Å². The molecule has 1 amide bonds. The van der Waals surface area contributed by atoms with Gasteiger partial charge in [0.25, 0.3) is 0 Å². The first-order valence-corrected chi connectivity index (χ1v) is 11.3. The normalized spacial score (nSPS) is 16.8. The number of halogens is 3. The monoisotopic (exact) mass is 472 g/mol. The van der Waals surface area contributed by atoms with Crippen LogP contribution in [0.15, 0.2) is 52.9 Å². The predicted octanol–water partition coefficient (Wildman–Crippen LogP) is 4.89. The highest BCUT2D eigenvalue weighted by Crippen LogP contribution is 2.30. The molecule has 2 aromatic heterocycles. The Hall–Kier alpha value is -3.27. The Morgan fingerprint density at radius 3 is 2.64 bits per heavy atom. The van der Waals surface area contributed by atoms with Crippen molar-refractivity contribution in [3.05, 3.63) is 65.3 Å². The molecule has 170 valence electrons. The lowest BCUT2D eigenvalue weighted by molar-refractivity contribution is -0.158. The van der Waals surface area contributed by atoms with Crippen molar-refractivity contribution in [3.63, 3.8) is 0 Å². The fraction of sp³-hybridized carbons (Fsp3) is 0.304. The minimum absolute atomic E-state index is 0.0840. The summed E-state index contributed by atoms with van der Waals surface area (Å²) in [6.07, 6.45) is -3.57. The number of rotatable bonds is 6. The molecule has 1 aliphatic rings. The van der Waals surface area contributed by atoms with Crippen LogP contribution in [-0.2, 0) is 17.6 Å². The minimum Gasteiger partial charge on any atom is -0.425 e. The Balaban J connectivity index is 1.25. The average Bonchev–Trinajstić information content (AvgIpc) is 3.48. The summed E-state index contributed by atoms with van der Waals surface area (Å²) in [4.78, 5) is 17.7. The lowest BCUT2D eigenvalue weighted by atomic mass is 10.0. The van der Waals surface area contributed by atoms with E-state index in [1.807, 2.05) is 30.3 Å². The quantitative estimate of drug-likeness (QED) is 0.400. The van der Waals surface area contributed by atoms with E-state index >= 15 is 0 Å². The van der Waals surface area contributed by atoms with E-state index in [-0.39, 0.29) is 18.9 Å². The fourth-order valence-electron chi connectivity index (χ4n) is 4.01. The molecule has 2 aromatic carbocycles. The van der Waals surface area contributed by atoms with E-state index in [9.17, 15) is 18.0 Å². The zero-order valence-corrected chi connectivity index (χ0v) is 18.2. The van der Waals surface area contributed by atoms with E-state index in [0.717, 1.165) is 31.3 Å². The van der Waals surface area contributed by atoms with Crippen LogP contribution in [0.5, 0.6) is 0 Å². The molecule has 1 aliphatic heterocycles. The van der Waals surface area contributed by atoms with Gasteiger partial charge in [0.2, 0.25) is 17.7 Å². The molecule has 10 heteroatoms. The third-order valence-electron chi connectivity index (χ3n) is 5.55. The second kappa shape index (κ2) is 8.58. The Morgan fingerprint density at radius 2 is 1.85 bits per heavy atom. The van der Waals surface area contributed by atoms with Crippen LogP contribution in [0.1, 0.15) is 23.2 Å². The highest BCUT2D eigenvalue weighted by atomic mass is 32.1. The summed E-state index contributed by atoms with van der Waals surface area (Å²) in [5, 5.41) is 8.84. The molecule has 4 aromatic rings. The summed E-state index contributed by atoms with van der Waals surface area (Å²) in [7, 11) is 0. The number of carbonyl (C=O) groups excluding carboxylic acids is 1. The molecule has 0 saturated carbocycles. The summed E-state index contributed by atoms with van der Waals surface area (Å²) >= 11 is 1.54. The summed E-state index contributed by atoms with van der Waals surface area (Å²) < 4.78 is 44.5. The first-order chi connectivity index (χ1) is 15.8. The van der Waals surface area contributed by atoms with Crippen molar-refractivity contribution >= 4 is 27.5 Å². The second-order valence-electron chi connectivity index (χ2n) is 7.99. The van der Waals surface area contributed by atoms with Crippen molar-refractivity contribution in [2.75, 3.05) is 13.1 Å². The molecule has 0 N–H and O–H groups in total. The van der Waals surface area contributed by atoms with Gasteiger partial charge in [0.15, 0.2) is 0 Å². The maximum atomic E-state index is 12.6. The average molecular weight is 472 g/mol. The standard InChI is InChI=1S/C23H19F3N4O2S/c24-23(25,26)13-30-9-8-16(22(30)31)11-19-28-29-20(32-19)12-21-27-17-7-6-15(10-18(17)33-21)14-4-2-1-3-5-14/h1-7,10,16H,8-9,11-13H2. The molecule has 0 aliphatic carbocycles. The van der Waals surface area contributed by atoms with Crippen molar-refractivity contribution in [2.24, 2.45) is 5.92 Å². The Labute approximate surface area is 191 Å². The van der Waals surface area contributed by atoms with Gasteiger partial charge in [-0.15, -0.1) is 21.5 Å². The SMILES string of the molecule is O=C1C(Cc2nnc(Cc3nc4ccc(-c5ccccc5)cc4s3)o2)CCN1CC(F)(F)F. The first-order valence-electron chi connectivity index (χ1n) is 10.5. The minimum atomic E-state index is -4.40. The number of benzene rings is 2. The van der Waals surface area contributed by atoms with E-state index in [1.54, 1.807) is 11.3 Å². The van der Waals surface area contributed by atoms with Gasteiger partial charge in [-0.25, -0.2) is 4.98 Å². The highest BCUT2D eigenvalue weighted by molar-refractivity contribution is 7.18. The largest absolute Gasteiger partial charge is 0.425 e. The first kappa shape index (κ1) is 21.6. The number of thiazole rings is 1. The van der Waals surface area contributed by atoms with E-state index in [2.05, 4.69) is 33.4 Å². The van der Waals surface area contributed by atoms with Gasteiger partial charge in [-0.05, 0) is 29.7 Å². The maximum Gasteiger partial charge on any atom is 0.406 e. The molecular weight excluding hydrogens is 453 g/mol. The van der Waals surface area contributed by atoms with Crippen LogP contribution in [0, 0.1) is 5.92 Å². The number of amides is 1. The van der Waals surface area contributed by atoms with Crippen LogP contribution < -0.4 is 0 Å². The molecule has 3 heterocycles. The summed E-state index contributed by atoms with van der Waals surface area (Å²) in [5.74, 6) is -0.471. The number of likely N-dealkylation sites (tertiary alicyclic amines) is 1. The summed E-state index contributed by atoms with van der Waals surface area (Å²) in [5.41, 5.74) is 3.13. The Morgan fingerprint density at radius 1 is 1.06 bits per heavy atom. The van der Waals surface area contributed by atoms with Gasteiger partial charge in [-0.3, -0.25) is 4.79 Å². The number of alkyl halides is 3. The summed E-state index contributed by atoms with van der Waals surface area (Å²) in [6.45, 7) is -1.14. The Bertz CT molecular complexity index is 1290. The molecule has 5 rings (SSSR count). The second-order valence-corrected chi connectivity index (χ2v) is 9.10. The van der Waals surface area contributed by atoms with Crippen molar-refractivity contribution in [1.29, 1.82) is 0 Å². The van der Waals surface area contributed by atoms with Gasteiger partial charge in [0, 0.05) is 18.9 Å². The van der Waals surface area contributed by atoms with Gasteiger partial charge < -0.3 is 9.32 Å². The smallest absolute Gasteiger partial charge is 0.406 e. The number of hydrogen-bond donors (Lipinski definition) is 0. The highest BCUT2D eigenvalue weighted by Gasteiger charge is 2.39. The third kappa shape index (κ3) is 4.90. The van der Waals surface area contributed by atoms with Crippen molar-refractivity contribution in [2.45, 2.75) is 25.4 Å². The van der Waals surface area contributed by atoms with Crippen LogP contribution in [0.25, 0.3) is 21.3 Å². The number of fused-ring (bicyclic) bond motifs is 1. The van der Waals surface area contributed by atoms with Gasteiger partial charge in [-0.2, -0.15) is 13.2 Å². The van der Waals surface area contributed by atoms with Crippen LogP contribution in [0.3, 0.4) is 0 Å². The van der Waals surface area contributed by atoms with Crippen LogP contribution >= 0.6 is 11.3 Å². The number of nitrogens with zero attached hydrogens (tertiary/aromatic N) is 4. The predicted molar refractivity (Wildman–Crippen MR) is 117 cm³/mol. The third-order valence-corrected chi connectivity index (χ3v) is 6.57. The van der Waals surface area contributed by atoms with E-state index < -0.39 is 24.5 Å². The van der Waals surface area contributed by atoms with Gasteiger partial charge in [0.1, 0.15) is 11.6 Å². The van der Waals surface area contributed by atoms with Gasteiger partial charge >= 0.3 is 6.18 Å². The number of carbonyl (C=O) groups is 1. The molecule has 33 heavy (non-hydrogen) atoms. The molecular formula is C23H19F3N4O2S. The molecule has 1 saturated heterocycles. The Kier molecular flexibility index (Phi) is 5.61. The van der Waals surface area contributed by atoms with Gasteiger partial charge in [-0.1, -0.05) is 36.4 Å². The lowest BCUT2D eigenvalue weighted by Gasteiger charge is -2.18. The van der Waals surface area contributed by atoms with Crippen LogP contribution in [0.4, 0.5) is 13.2 Å². The molecule has 0 radical (unpaired) electrons. The molecule has 1 unspecified atom stereocenters. The van der Waals surface area contributed by atoms with Crippen molar-refractivity contribution < 1.29 is 22.4 Å². The van der Waals surface area contributed by atoms with Crippen molar-refractivity contribution in [1.82, 2.24) is 20.1 Å². The number of aromatic nitrogens is 3. The molecule has 0 bridgehead atoms. The lowest BCUT2D eigenvalue weighted by Crippen LogP contribution is -2.36. The topological polar surface area (TPSA) is 72.1 Å². The molecule has 0 spiro atoms. The molecule has 1 fully saturated rings. The maximum absolute atomic E-state index is 12.6. The zero-order valence-electron chi connectivity index (χ0n) is 17.4.